The van der Waals surface area contributed by atoms with Crippen LogP contribution < -0.4 is 9.80 Å². The molecule has 3 aromatic carbocycles. The Labute approximate surface area is 197 Å². The topological polar surface area (TPSA) is 40.6 Å². The lowest BCUT2D eigenvalue weighted by Gasteiger charge is -2.36. The van der Waals surface area contributed by atoms with E-state index in [9.17, 15) is 18.4 Å². The molecule has 0 fully saturated rings. The quantitative estimate of drug-likeness (QED) is 0.476. The Balaban J connectivity index is 1.42. The summed E-state index contributed by atoms with van der Waals surface area (Å²) in [6.07, 6.45) is 2.97. The molecule has 6 heteroatoms. The Morgan fingerprint density at radius 1 is 0.676 bits per heavy atom. The molecule has 2 unspecified atom stereocenters. The van der Waals surface area contributed by atoms with Crippen molar-refractivity contribution in [2.75, 3.05) is 9.80 Å². The number of hydrogen-bond donors (Lipinski definition) is 0. The molecule has 0 spiro atoms. The summed E-state index contributed by atoms with van der Waals surface area (Å²) < 4.78 is 27.4. The number of fused-ring (bicyclic) bond motifs is 2. The van der Waals surface area contributed by atoms with Gasteiger partial charge < -0.3 is 9.80 Å². The largest absolute Gasteiger partial charge is 0.305 e. The van der Waals surface area contributed by atoms with E-state index < -0.39 is 0 Å². The second-order valence-corrected chi connectivity index (χ2v) is 9.25. The average molecular weight is 461 g/mol. The molecule has 0 aromatic heterocycles. The predicted molar refractivity (Wildman–Crippen MR) is 128 cm³/mol. The van der Waals surface area contributed by atoms with Crippen LogP contribution in [0.4, 0.5) is 20.2 Å². The van der Waals surface area contributed by atoms with Gasteiger partial charge in [-0.25, -0.2) is 8.78 Å². The first-order valence-electron chi connectivity index (χ1n) is 11.7. The van der Waals surface area contributed by atoms with Crippen molar-refractivity contribution in [3.63, 3.8) is 0 Å². The molecule has 5 rings (SSSR count). The maximum Gasteiger partial charge on any atom is 0.258 e. The molecule has 0 radical (unpaired) electrons. The average Bonchev–Trinajstić information content (AvgIpc) is 2.83. The van der Waals surface area contributed by atoms with Crippen LogP contribution in [0.15, 0.2) is 60.7 Å². The summed E-state index contributed by atoms with van der Waals surface area (Å²) >= 11 is 0. The lowest BCUT2D eigenvalue weighted by molar-refractivity contribution is 0.0963. The molecule has 0 bridgehead atoms. The van der Waals surface area contributed by atoms with E-state index >= 15 is 0 Å². The molecule has 2 heterocycles. The van der Waals surface area contributed by atoms with Crippen molar-refractivity contribution in [1.29, 1.82) is 0 Å². The SMILES string of the molecule is CC1CCc2cc(F)ccc2N1C(=O)c1ccc(C(=O)N2c3ccc(F)cc3CCC2C)cc1. The summed E-state index contributed by atoms with van der Waals surface area (Å²) in [5.41, 5.74) is 4.05. The summed E-state index contributed by atoms with van der Waals surface area (Å²) in [6, 6.07) is 15.7. The standard InChI is InChI=1S/C28H26F2N2O2/c1-17-3-5-21-15-23(29)11-13-25(21)31(17)27(33)19-7-9-20(10-8-19)28(34)32-18(2)4-6-22-16-24(30)12-14-26(22)32/h7-18H,3-6H2,1-2H3. The summed E-state index contributed by atoms with van der Waals surface area (Å²) in [5, 5.41) is 0. The van der Waals surface area contributed by atoms with Gasteiger partial charge >= 0.3 is 0 Å². The summed E-state index contributed by atoms with van der Waals surface area (Å²) in [4.78, 5) is 30.2. The van der Waals surface area contributed by atoms with Gasteiger partial charge in [-0.1, -0.05) is 0 Å². The number of benzene rings is 3. The number of hydrogen-bond acceptors (Lipinski definition) is 2. The van der Waals surface area contributed by atoms with Gasteiger partial charge in [0.2, 0.25) is 0 Å². The Kier molecular flexibility index (Phi) is 5.68. The fourth-order valence-corrected chi connectivity index (χ4v) is 5.09. The first-order chi connectivity index (χ1) is 16.3. The van der Waals surface area contributed by atoms with Crippen LogP contribution in [-0.4, -0.2) is 23.9 Å². The monoisotopic (exact) mass is 460 g/mol. The van der Waals surface area contributed by atoms with Gasteiger partial charge in [-0.3, -0.25) is 9.59 Å². The van der Waals surface area contributed by atoms with Crippen molar-refractivity contribution >= 4 is 23.2 Å². The van der Waals surface area contributed by atoms with Crippen LogP contribution >= 0.6 is 0 Å². The lowest BCUT2D eigenvalue weighted by atomic mass is 9.94. The van der Waals surface area contributed by atoms with E-state index in [0.29, 0.717) is 11.1 Å². The highest BCUT2D eigenvalue weighted by atomic mass is 19.1. The first kappa shape index (κ1) is 22.3. The number of carbonyl (C=O) groups excluding carboxylic acids is 2. The van der Waals surface area contributed by atoms with Gasteiger partial charge in [-0.05, 0) is 111 Å². The molecule has 2 amide bonds. The molecule has 174 valence electrons. The molecule has 2 atom stereocenters. The third-order valence-corrected chi connectivity index (χ3v) is 6.96. The number of carbonyl (C=O) groups is 2. The predicted octanol–water partition coefficient (Wildman–Crippen LogP) is 5.93. The van der Waals surface area contributed by atoms with Crippen molar-refractivity contribution in [3.8, 4) is 0 Å². The minimum absolute atomic E-state index is 0.0159. The van der Waals surface area contributed by atoms with Crippen molar-refractivity contribution in [1.82, 2.24) is 0 Å². The molecule has 0 saturated carbocycles. The maximum absolute atomic E-state index is 13.7. The third-order valence-electron chi connectivity index (χ3n) is 6.96. The molecule has 0 saturated heterocycles. The van der Waals surface area contributed by atoms with Crippen molar-refractivity contribution < 1.29 is 18.4 Å². The van der Waals surface area contributed by atoms with Crippen molar-refractivity contribution in [2.24, 2.45) is 0 Å². The minimum atomic E-state index is -0.306. The van der Waals surface area contributed by atoms with Crippen LogP contribution in [0.3, 0.4) is 0 Å². The first-order valence-corrected chi connectivity index (χ1v) is 11.7. The zero-order valence-corrected chi connectivity index (χ0v) is 19.2. The minimum Gasteiger partial charge on any atom is -0.305 e. The van der Waals surface area contributed by atoms with E-state index in [-0.39, 0.29) is 35.5 Å². The smallest absolute Gasteiger partial charge is 0.258 e. The van der Waals surface area contributed by atoms with Crippen LogP contribution in [0.25, 0.3) is 0 Å². The number of halogens is 2. The summed E-state index contributed by atoms with van der Waals surface area (Å²) in [5.74, 6) is -0.961. The highest BCUT2D eigenvalue weighted by molar-refractivity contribution is 6.10. The Hall–Kier alpha value is -3.54. The van der Waals surface area contributed by atoms with Crippen LogP contribution in [0.1, 0.15) is 58.5 Å². The van der Waals surface area contributed by atoms with Crippen LogP contribution in [0.5, 0.6) is 0 Å². The molecule has 2 aliphatic heterocycles. The van der Waals surface area contributed by atoms with Crippen LogP contribution in [-0.2, 0) is 12.8 Å². The summed E-state index contributed by atoms with van der Waals surface area (Å²) in [7, 11) is 0. The van der Waals surface area contributed by atoms with E-state index in [1.165, 1.54) is 24.3 Å². The Morgan fingerprint density at radius 3 is 1.44 bits per heavy atom. The van der Waals surface area contributed by atoms with E-state index in [1.54, 1.807) is 46.2 Å². The van der Waals surface area contributed by atoms with Crippen LogP contribution in [0, 0.1) is 11.6 Å². The molecular formula is C28H26F2N2O2. The Morgan fingerprint density at radius 2 is 1.06 bits per heavy atom. The normalized spacial score (nSPS) is 19.4. The fourth-order valence-electron chi connectivity index (χ4n) is 5.09. The van der Waals surface area contributed by atoms with Gasteiger partial charge in [-0.15, -0.1) is 0 Å². The highest BCUT2D eigenvalue weighted by Crippen LogP contribution is 2.34. The number of anilines is 2. The van der Waals surface area contributed by atoms with E-state index in [1.807, 2.05) is 13.8 Å². The maximum atomic E-state index is 13.7. The molecule has 4 nitrogen and oxygen atoms in total. The second-order valence-electron chi connectivity index (χ2n) is 9.25. The number of amides is 2. The zero-order chi connectivity index (χ0) is 24.0. The van der Waals surface area contributed by atoms with E-state index in [0.717, 1.165) is 48.2 Å². The van der Waals surface area contributed by atoms with E-state index in [2.05, 4.69) is 0 Å². The van der Waals surface area contributed by atoms with Gasteiger partial charge in [0.05, 0.1) is 0 Å². The van der Waals surface area contributed by atoms with Gasteiger partial charge in [-0.2, -0.15) is 0 Å². The molecule has 0 N–H and O–H groups in total. The number of nitrogens with zero attached hydrogens (tertiary/aromatic N) is 2. The van der Waals surface area contributed by atoms with Crippen molar-refractivity contribution in [3.05, 3.63) is 94.6 Å². The highest BCUT2D eigenvalue weighted by Gasteiger charge is 2.31. The molecule has 34 heavy (non-hydrogen) atoms. The van der Waals surface area contributed by atoms with E-state index in [4.69, 9.17) is 0 Å². The molecule has 0 aliphatic carbocycles. The number of aryl methyl sites for hydroxylation is 2. The van der Waals surface area contributed by atoms with Gasteiger partial charge in [0.25, 0.3) is 11.8 Å². The molecule has 2 aliphatic rings. The zero-order valence-electron chi connectivity index (χ0n) is 19.2. The van der Waals surface area contributed by atoms with Gasteiger partial charge in [0.1, 0.15) is 11.6 Å². The third kappa shape index (κ3) is 3.87. The summed E-state index contributed by atoms with van der Waals surface area (Å²) in [6.45, 7) is 3.97. The second kappa shape index (κ2) is 8.67. The Bertz CT molecular complexity index is 1170. The number of rotatable bonds is 2. The fraction of sp³-hybridized carbons (Fsp3) is 0.286. The molecular weight excluding hydrogens is 434 g/mol. The molecule has 3 aromatic rings. The van der Waals surface area contributed by atoms with Crippen molar-refractivity contribution in [2.45, 2.75) is 51.6 Å². The van der Waals surface area contributed by atoms with Gasteiger partial charge in [0, 0.05) is 34.6 Å². The lowest BCUT2D eigenvalue weighted by Crippen LogP contribution is -2.42. The van der Waals surface area contributed by atoms with Crippen LogP contribution in [0.2, 0.25) is 0 Å². The van der Waals surface area contributed by atoms with Gasteiger partial charge in [0.15, 0.2) is 0 Å².